The summed E-state index contributed by atoms with van der Waals surface area (Å²) in [5, 5.41) is 13.1. The fraction of sp³-hybridized carbons (Fsp3) is 0.625. The van der Waals surface area contributed by atoms with E-state index in [9.17, 15) is 5.11 Å². The van der Waals surface area contributed by atoms with Gasteiger partial charge in [0.05, 0.1) is 6.10 Å². The monoisotopic (exact) mass is 276 g/mol. The van der Waals surface area contributed by atoms with E-state index in [1.807, 2.05) is 0 Å². The van der Waals surface area contributed by atoms with Crippen molar-refractivity contribution in [2.75, 3.05) is 26.2 Å². The van der Waals surface area contributed by atoms with Gasteiger partial charge in [-0.3, -0.25) is 4.90 Å². The smallest absolute Gasteiger partial charge is 0.123 e. The van der Waals surface area contributed by atoms with E-state index in [1.165, 1.54) is 11.1 Å². The number of β-amino-alcohol motifs (C(OH)–C–C–N with tert-alkyl or cyclic N) is 1. The van der Waals surface area contributed by atoms with Crippen LogP contribution in [0.5, 0.6) is 5.75 Å². The highest BCUT2D eigenvalue weighted by molar-refractivity contribution is 5.41. The number of nitrogens with zero attached hydrogens (tertiary/aromatic N) is 1. The third kappa shape index (κ3) is 3.14. The molecule has 1 fully saturated rings. The minimum atomic E-state index is -0.269. The normalized spacial score (nSPS) is 25.9. The number of hydrogen-bond acceptors (Lipinski definition) is 4. The van der Waals surface area contributed by atoms with E-state index in [0.717, 1.165) is 38.3 Å². The minimum Gasteiger partial charge on any atom is -0.487 e. The van der Waals surface area contributed by atoms with Gasteiger partial charge in [-0.2, -0.15) is 0 Å². The highest BCUT2D eigenvalue weighted by atomic mass is 16.5. The maximum absolute atomic E-state index is 9.84. The van der Waals surface area contributed by atoms with Crippen molar-refractivity contribution in [2.45, 2.75) is 38.5 Å². The Morgan fingerprint density at radius 1 is 1.45 bits per heavy atom. The zero-order valence-electron chi connectivity index (χ0n) is 12.4. The van der Waals surface area contributed by atoms with Gasteiger partial charge in [-0.05, 0) is 31.0 Å². The Bertz CT molecular complexity index is 487. The number of ether oxygens (including phenoxy) is 1. The van der Waals surface area contributed by atoms with Gasteiger partial charge in [0.25, 0.3) is 0 Å². The van der Waals surface area contributed by atoms with E-state index in [2.05, 4.69) is 42.3 Å². The maximum Gasteiger partial charge on any atom is 0.123 e. The fourth-order valence-electron chi connectivity index (χ4n) is 3.12. The van der Waals surface area contributed by atoms with E-state index < -0.39 is 0 Å². The van der Waals surface area contributed by atoms with Crippen LogP contribution in [0.2, 0.25) is 0 Å². The molecule has 1 aromatic carbocycles. The number of hydrogen-bond donors (Lipinski definition) is 2. The predicted octanol–water partition coefficient (Wildman–Crippen LogP) is 1.17. The molecule has 0 aromatic heterocycles. The van der Waals surface area contributed by atoms with Gasteiger partial charge in [0, 0.05) is 39.1 Å². The second kappa shape index (κ2) is 5.35. The molecule has 2 N–H and O–H groups in total. The van der Waals surface area contributed by atoms with E-state index in [-0.39, 0.29) is 11.7 Å². The van der Waals surface area contributed by atoms with Gasteiger partial charge in [0.15, 0.2) is 0 Å². The second-order valence-corrected chi connectivity index (χ2v) is 6.57. The number of fused-ring (bicyclic) bond motifs is 1. The summed E-state index contributed by atoms with van der Waals surface area (Å²) in [7, 11) is 0. The second-order valence-electron chi connectivity index (χ2n) is 6.57. The lowest BCUT2D eigenvalue weighted by molar-refractivity contribution is 0.127. The summed E-state index contributed by atoms with van der Waals surface area (Å²) in [4.78, 5) is 2.31. The van der Waals surface area contributed by atoms with Crippen LogP contribution < -0.4 is 10.1 Å². The van der Waals surface area contributed by atoms with Crippen molar-refractivity contribution in [3.05, 3.63) is 29.3 Å². The first-order chi connectivity index (χ1) is 9.52. The van der Waals surface area contributed by atoms with Crippen LogP contribution in [0.1, 0.15) is 25.0 Å². The molecule has 4 heteroatoms. The lowest BCUT2D eigenvalue weighted by Gasteiger charge is -2.21. The van der Waals surface area contributed by atoms with Crippen molar-refractivity contribution >= 4 is 0 Å². The molecule has 0 aliphatic carbocycles. The van der Waals surface area contributed by atoms with Gasteiger partial charge < -0.3 is 15.2 Å². The van der Waals surface area contributed by atoms with Crippen molar-refractivity contribution < 1.29 is 9.84 Å². The Labute approximate surface area is 120 Å². The van der Waals surface area contributed by atoms with Gasteiger partial charge in [-0.15, -0.1) is 0 Å². The molecule has 0 unspecified atom stereocenters. The molecule has 3 rings (SSSR count). The van der Waals surface area contributed by atoms with Crippen LogP contribution in [-0.2, 0) is 13.0 Å². The molecule has 0 spiro atoms. The van der Waals surface area contributed by atoms with Crippen molar-refractivity contribution in [2.24, 2.45) is 0 Å². The molecule has 0 radical (unpaired) electrons. The van der Waals surface area contributed by atoms with Crippen LogP contribution in [0.4, 0.5) is 0 Å². The Morgan fingerprint density at radius 3 is 3.15 bits per heavy atom. The van der Waals surface area contributed by atoms with Crippen LogP contribution in [-0.4, -0.2) is 47.9 Å². The summed E-state index contributed by atoms with van der Waals surface area (Å²) in [6.07, 6.45) is 0.703. The molecule has 1 saturated heterocycles. The summed E-state index contributed by atoms with van der Waals surface area (Å²) in [6, 6.07) is 6.49. The zero-order valence-corrected chi connectivity index (χ0v) is 12.4. The molecule has 0 amide bonds. The van der Waals surface area contributed by atoms with Crippen molar-refractivity contribution in [3.8, 4) is 5.75 Å². The number of aliphatic hydroxyl groups excluding tert-OH is 1. The Balaban J connectivity index is 1.70. The lowest BCUT2D eigenvalue weighted by Crippen LogP contribution is -2.32. The molecular weight excluding hydrogens is 252 g/mol. The van der Waals surface area contributed by atoms with Crippen LogP contribution in [0.3, 0.4) is 0 Å². The van der Waals surface area contributed by atoms with E-state index in [0.29, 0.717) is 6.54 Å². The number of rotatable bonds is 2. The van der Waals surface area contributed by atoms with Gasteiger partial charge in [-0.1, -0.05) is 12.1 Å². The summed E-state index contributed by atoms with van der Waals surface area (Å²) < 4.78 is 5.91. The third-order valence-electron chi connectivity index (χ3n) is 3.99. The number of aliphatic hydroxyl groups is 1. The molecule has 4 nitrogen and oxygen atoms in total. The standard InChI is InChI=1S/C16H24N2O2/c1-16(2)8-13-7-12(3-4-15(13)20-16)10-18-6-5-17-9-14(19)11-18/h3-4,7,14,17,19H,5-6,8-11H2,1-2H3/t14-/m1/s1. The molecule has 20 heavy (non-hydrogen) atoms. The third-order valence-corrected chi connectivity index (χ3v) is 3.99. The molecular formula is C16H24N2O2. The molecule has 2 heterocycles. The van der Waals surface area contributed by atoms with Gasteiger partial charge in [0.1, 0.15) is 11.4 Å². The predicted molar refractivity (Wildman–Crippen MR) is 79.0 cm³/mol. The van der Waals surface area contributed by atoms with Crippen LogP contribution in [0.15, 0.2) is 18.2 Å². The molecule has 2 aliphatic rings. The van der Waals surface area contributed by atoms with Crippen molar-refractivity contribution in [1.82, 2.24) is 10.2 Å². The van der Waals surface area contributed by atoms with Crippen molar-refractivity contribution in [1.29, 1.82) is 0 Å². The lowest BCUT2D eigenvalue weighted by atomic mass is 10.00. The first-order valence-electron chi connectivity index (χ1n) is 7.44. The Hall–Kier alpha value is -1.10. The SMILES string of the molecule is CC1(C)Cc2cc(CN3CCNC[C@@H](O)C3)ccc2O1. The molecule has 2 aliphatic heterocycles. The molecule has 0 bridgehead atoms. The Kier molecular flexibility index (Phi) is 3.71. The fourth-order valence-corrected chi connectivity index (χ4v) is 3.12. The largest absolute Gasteiger partial charge is 0.487 e. The van der Waals surface area contributed by atoms with E-state index >= 15 is 0 Å². The summed E-state index contributed by atoms with van der Waals surface area (Å²) >= 11 is 0. The van der Waals surface area contributed by atoms with Crippen LogP contribution >= 0.6 is 0 Å². The number of benzene rings is 1. The highest BCUT2D eigenvalue weighted by Gasteiger charge is 2.30. The summed E-state index contributed by atoms with van der Waals surface area (Å²) in [5.41, 5.74) is 2.53. The molecule has 110 valence electrons. The first kappa shape index (κ1) is 13.9. The Morgan fingerprint density at radius 2 is 2.30 bits per heavy atom. The molecule has 1 atom stereocenters. The average molecular weight is 276 g/mol. The zero-order chi connectivity index (χ0) is 14.2. The van der Waals surface area contributed by atoms with Crippen molar-refractivity contribution in [3.63, 3.8) is 0 Å². The molecule has 0 saturated carbocycles. The maximum atomic E-state index is 9.84. The quantitative estimate of drug-likeness (QED) is 0.851. The van der Waals surface area contributed by atoms with E-state index in [4.69, 9.17) is 4.74 Å². The minimum absolute atomic E-state index is 0.0797. The van der Waals surface area contributed by atoms with E-state index in [1.54, 1.807) is 0 Å². The molecule has 1 aromatic rings. The average Bonchev–Trinajstić information content (AvgIpc) is 2.52. The van der Waals surface area contributed by atoms with Gasteiger partial charge >= 0.3 is 0 Å². The number of nitrogens with one attached hydrogen (secondary N) is 1. The first-order valence-corrected chi connectivity index (χ1v) is 7.44. The highest BCUT2D eigenvalue weighted by Crippen LogP contribution is 2.35. The van der Waals surface area contributed by atoms with Gasteiger partial charge in [-0.25, -0.2) is 0 Å². The summed E-state index contributed by atoms with van der Waals surface area (Å²) in [5.74, 6) is 1.02. The van der Waals surface area contributed by atoms with Crippen LogP contribution in [0, 0.1) is 0 Å². The van der Waals surface area contributed by atoms with Crippen LogP contribution in [0.25, 0.3) is 0 Å². The summed E-state index contributed by atoms with van der Waals surface area (Å²) in [6.45, 7) is 8.52. The topological polar surface area (TPSA) is 44.7 Å². The van der Waals surface area contributed by atoms with Gasteiger partial charge in [0.2, 0.25) is 0 Å².